The van der Waals surface area contributed by atoms with Crippen molar-refractivity contribution in [2.75, 3.05) is 26.2 Å². The Morgan fingerprint density at radius 3 is 2.65 bits per heavy atom. The second-order valence-corrected chi connectivity index (χ2v) is 5.04. The van der Waals surface area contributed by atoms with Gasteiger partial charge < -0.3 is 5.32 Å². The van der Waals surface area contributed by atoms with Gasteiger partial charge in [-0.2, -0.15) is 0 Å². The van der Waals surface area contributed by atoms with Gasteiger partial charge in [-0.25, -0.2) is 4.39 Å². The molecule has 1 aromatic rings. The SMILES string of the molecule is C[C@@H](c1cc(Br)ccc1F)N1CCNCC1.Cl. The lowest BCUT2D eigenvalue weighted by molar-refractivity contribution is 0.182. The summed E-state index contributed by atoms with van der Waals surface area (Å²) in [4.78, 5) is 2.31. The minimum absolute atomic E-state index is 0. The van der Waals surface area contributed by atoms with E-state index in [-0.39, 0.29) is 24.3 Å². The number of nitrogens with one attached hydrogen (secondary N) is 1. The standard InChI is InChI=1S/C12H16BrFN2.ClH/c1-9(16-6-4-15-5-7-16)11-8-10(13)2-3-12(11)14;/h2-3,8-9,15H,4-7H2,1H3;1H/t9-;/m0./s1. The zero-order valence-corrected chi connectivity index (χ0v) is 12.2. The minimum Gasteiger partial charge on any atom is -0.314 e. The maximum atomic E-state index is 13.7. The maximum absolute atomic E-state index is 13.7. The molecule has 0 aliphatic carbocycles. The van der Waals surface area contributed by atoms with Gasteiger partial charge in [-0.05, 0) is 25.1 Å². The molecule has 96 valence electrons. The van der Waals surface area contributed by atoms with E-state index in [1.165, 1.54) is 6.07 Å². The molecule has 5 heteroatoms. The fraction of sp³-hybridized carbons (Fsp3) is 0.500. The van der Waals surface area contributed by atoms with Gasteiger partial charge in [0.15, 0.2) is 0 Å². The fourth-order valence-corrected chi connectivity index (χ4v) is 2.48. The highest BCUT2D eigenvalue weighted by atomic mass is 79.9. The maximum Gasteiger partial charge on any atom is 0.128 e. The first-order valence-electron chi connectivity index (χ1n) is 5.58. The molecule has 0 bridgehead atoms. The Bertz CT molecular complexity index is 370. The predicted molar refractivity (Wildman–Crippen MR) is 74.2 cm³/mol. The highest BCUT2D eigenvalue weighted by molar-refractivity contribution is 9.10. The van der Waals surface area contributed by atoms with Gasteiger partial charge in [0.25, 0.3) is 0 Å². The lowest BCUT2D eigenvalue weighted by atomic mass is 10.1. The molecule has 2 nitrogen and oxygen atoms in total. The molecule has 1 atom stereocenters. The fourth-order valence-electron chi connectivity index (χ4n) is 2.10. The molecule has 2 rings (SSSR count). The Kier molecular flexibility index (Phi) is 5.86. The number of nitrogens with zero attached hydrogens (tertiary/aromatic N) is 1. The highest BCUT2D eigenvalue weighted by Crippen LogP contribution is 2.26. The largest absolute Gasteiger partial charge is 0.314 e. The zero-order chi connectivity index (χ0) is 11.5. The Morgan fingerprint density at radius 1 is 1.35 bits per heavy atom. The molecule has 0 aromatic heterocycles. The second kappa shape index (κ2) is 6.69. The Balaban J connectivity index is 0.00000144. The van der Waals surface area contributed by atoms with E-state index in [1.807, 2.05) is 6.07 Å². The summed E-state index contributed by atoms with van der Waals surface area (Å²) in [5.41, 5.74) is 0.774. The van der Waals surface area contributed by atoms with E-state index in [4.69, 9.17) is 0 Å². The number of hydrogen-bond donors (Lipinski definition) is 1. The van der Waals surface area contributed by atoms with Crippen LogP contribution < -0.4 is 5.32 Å². The first-order chi connectivity index (χ1) is 7.68. The van der Waals surface area contributed by atoms with Crippen LogP contribution in [0.5, 0.6) is 0 Å². The van der Waals surface area contributed by atoms with Gasteiger partial charge >= 0.3 is 0 Å². The van der Waals surface area contributed by atoms with Crippen LogP contribution in [-0.4, -0.2) is 31.1 Å². The third kappa shape index (κ3) is 3.65. The second-order valence-electron chi connectivity index (χ2n) is 4.13. The number of piperazine rings is 1. The van der Waals surface area contributed by atoms with Crippen LogP contribution in [0.25, 0.3) is 0 Å². The van der Waals surface area contributed by atoms with Gasteiger partial charge in [-0.1, -0.05) is 15.9 Å². The van der Waals surface area contributed by atoms with Crippen LogP contribution in [0.1, 0.15) is 18.5 Å². The van der Waals surface area contributed by atoms with Crippen LogP contribution in [0.15, 0.2) is 22.7 Å². The van der Waals surface area contributed by atoms with Crippen molar-refractivity contribution >= 4 is 28.3 Å². The summed E-state index contributed by atoms with van der Waals surface area (Å²) in [7, 11) is 0. The average molecular weight is 324 g/mol. The van der Waals surface area contributed by atoms with Gasteiger partial charge in [-0.15, -0.1) is 12.4 Å². The van der Waals surface area contributed by atoms with E-state index in [0.717, 1.165) is 36.2 Å². The normalized spacial score (nSPS) is 18.5. The van der Waals surface area contributed by atoms with Crippen molar-refractivity contribution in [3.8, 4) is 0 Å². The Labute approximate surface area is 116 Å². The molecule has 1 aliphatic rings. The van der Waals surface area contributed by atoms with E-state index in [0.29, 0.717) is 0 Å². The van der Waals surface area contributed by atoms with Gasteiger partial charge in [0.2, 0.25) is 0 Å². The zero-order valence-electron chi connectivity index (χ0n) is 9.75. The van der Waals surface area contributed by atoms with E-state index in [9.17, 15) is 4.39 Å². The third-order valence-corrected chi connectivity index (χ3v) is 3.60. The van der Waals surface area contributed by atoms with Crippen molar-refractivity contribution in [2.24, 2.45) is 0 Å². The first kappa shape index (κ1) is 14.9. The average Bonchev–Trinajstić information content (AvgIpc) is 2.32. The summed E-state index contributed by atoms with van der Waals surface area (Å²) in [6.07, 6.45) is 0. The molecule has 17 heavy (non-hydrogen) atoms. The number of benzene rings is 1. The van der Waals surface area contributed by atoms with Crippen molar-refractivity contribution < 1.29 is 4.39 Å². The minimum atomic E-state index is -0.116. The summed E-state index contributed by atoms with van der Waals surface area (Å²) < 4.78 is 14.6. The summed E-state index contributed by atoms with van der Waals surface area (Å²) in [5, 5.41) is 3.30. The van der Waals surface area contributed by atoms with Crippen molar-refractivity contribution in [3.05, 3.63) is 34.1 Å². The lowest BCUT2D eigenvalue weighted by Crippen LogP contribution is -2.44. The molecule has 0 radical (unpaired) electrons. The summed E-state index contributed by atoms with van der Waals surface area (Å²) in [5.74, 6) is -0.116. The monoisotopic (exact) mass is 322 g/mol. The molecule has 0 saturated carbocycles. The van der Waals surface area contributed by atoms with Gasteiger partial charge in [0.05, 0.1) is 0 Å². The van der Waals surface area contributed by atoms with Crippen LogP contribution in [0.4, 0.5) is 4.39 Å². The predicted octanol–water partition coefficient (Wildman–Crippen LogP) is 2.98. The highest BCUT2D eigenvalue weighted by Gasteiger charge is 2.20. The molecule has 1 aromatic carbocycles. The van der Waals surface area contributed by atoms with E-state index >= 15 is 0 Å². The first-order valence-corrected chi connectivity index (χ1v) is 6.37. The van der Waals surface area contributed by atoms with Crippen molar-refractivity contribution in [1.29, 1.82) is 0 Å². The van der Waals surface area contributed by atoms with Crippen LogP contribution in [0, 0.1) is 5.82 Å². The Morgan fingerprint density at radius 2 is 2.00 bits per heavy atom. The van der Waals surface area contributed by atoms with Crippen molar-refractivity contribution in [2.45, 2.75) is 13.0 Å². The van der Waals surface area contributed by atoms with E-state index in [2.05, 4.69) is 33.1 Å². The van der Waals surface area contributed by atoms with E-state index in [1.54, 1.807) is 6.07 Å². The van der Waals surface area contributed by atoms with Crippen LogP contribution in [0.2, 0.25) is 0 Å². The number of halogens is 3. The summed E-state index contributed by atoms with van der Waals surface area (Å²) in [6, 6.07) is 5.28. The third-order valence-electron chi connectivity index (χ3n) is 3.11. The van der Waals surface area contributed by atoms with E-state index < -0.39 is 0 Å². The molecular weight excluding hydrogens is 307 g/mol. The lowest BCUT2D eigenvalue weighted by Gasteiger charge is -2.33. The number of rotatable bonds is 2. The van der Waals surface area contributed by atoms with Crippen LogP contribution in [0.3, 0.4) is 0 Å². The Hall–Kier alpha value is -0.160. The van der Waals surface area contributed by atoms with Crippen LogP contribution in [-0.2, 0) is 0 Å². The molecule has 1 saturated heterocycles. The summed E-state index contributed by atoms with van der Waals surface area (Å²) in [6.45, 7) is 6.00. The topological polar surface area (TPSA) is 15.3 Å². The van der Waals surface area contributed by atoms with Gasteiger partial charge in [0, 0.05) is 42.3 Å². The molecule has 0 unspecified atom stereocenters. The van der Waals surface area contributed by atoms with Crippen molar-refractivity contribution in [3.63, 3.8) is 0 Å². The molecule has 0 spiro atoms. The quantitative estimate of drug-likeness (QED) is 0.900. The summed E-state index contributed by atoms with van der Waals surface area (Å²) >= 11 is 3.39. The molecule has 1 fully saturated rings. The smallest absolute Gasteiger partial charge is 0.128 e. The van der Waals surface area contributed by atoms with Crippen LogP contribution >= 0.6 is 28.3 Å². The molecule has 1 aliphatic heterocycles. The molecular formula is C12H17BrClFN2. The molecule has 0 amide bonds. The number of hydrogen-bond acceptors (Lipinski definition) is 2. The molecule has 1 N–H and O–H groups in total. The van der Waals surface area contributed by atoms with Crippen molar-refractivity contribution in [1.82, 2.24) is 10.2 Å². The molecule has 1 heterocycles. The van der Waals surface area contributed by atoms with Gasteiger partial charge in [-0.3, -0.25) is 4.90 Å². The van der Waals surface area contributed by atoms with Gasteiger partial charge in [0.1, 0.15) is 5.82 Å².